The Morgan fingerprint density at radius 3 is 2.69 bits per heavy atom. The number of rotatable bonds is 4. The van der Waals surface area contributed by atoms with Crippen LogP contribution in [0.5, 0.6) is 0 Å². The van der Waals surface area contributed by atoms with Gasteiger partial charge in [-0.25, -0.2) is 0 Å². The molecule has 1 saturated heterocycles. The second-order valence-electron chi connectivity index (χ2n) is 8.10. The van der Waals surface area contributed by atoms with Gasteiger partial charge >= 0.3 is 0 Å². The molecule has 1 fully saturated rings. The van der Waals surface area contributed by atoms with Crippen LogP contribution in [-0.4, -0.2) is 32.1 Å². The predicted molar refractivity (Wildman–Crippen MR) is 114 cm³/mol. The highest BCUT2D eigenvalue weighted by molar-refractivity contribution is 5.95. The maximum Gasteiger partial charge on any atom is 0.257 e. The third-order valence-corrected chi connectivity index (χ3v) is 5.79. The predicted octanol–water partition coefficient (Wildman–Crippen LogP) is 4.31. The highest BCUT2D eigenvalue weighted by atomic mass is 16.2. The molecule has 4 rings (SSSR count). The molecule has 1 amide bonds. The summed E-state index contributed by atoms with van der Waals surface area (Å²) in [4.78, 5) is 20.0. The van der Waals surface area contributed by atoms with Crippen LogP contribution in [0.15, 0.2) is 42.6 Å². The minimum absolute atomic E-state index is 0.0256. The van der Waals surface area contributed by atoms with Crippen LogP contribution in [0, 0.1) is 20.8 Å². The Kier molecular flexibility index (Phi) is 5.22. The summed E-state index contributed by atoms with van der Waals surface area (Å²) in [5, 5.41) is 4.34. The fraction of sp³-hybridized carbons (Fsp3) is 0.375. The number of carbonyl (C=O) groups is 1. The van der Waals surface area contributed by atoms with Gasteiger partial charge in [0.25, 0.3) is 5.91 Å². The molecule has 5 nitrogen and oxygen atoms in total. The van der Waals surface area contributed by atoms with Gasteiger partial charge in [0.2, 0.25) is 0 Å². The van der Waals surface area contributed by atoms with Crippen LogP contribution in [0.4, 0.5) is 0 Å². The number of aryl methyl sites for hydroxylation is 4. The van der Waals surface area contributed by atoms with Gasteiger partial charge < -0.3 is 4.90 Å². The number of nitrogens with zero attached hydrogens (tertiary/aromatic N) is 4. The van der Waals surface area contributed by atoms with E-state index in [-0.39, 0.29) is 11.9 Å². The van der Waals surface area contributed by atoms with Crippen LogP contribution in [0.1, 0.15) is 63.0 Å². The van der Waals surface area contributed by atoms with Gasteiger partial charge in [0.15, 0.2) is 0 Å². The molecule has 3 aromatic rings. The van der Waals surface area contributed by atoms with E-state index in [1.54, 1.807) is 4.68 Å². The minimum atomic E-state index is 0.0256. The first-order valence-electron chi connectivity index (χ1n) is 10.3. The van der Waals surface area contributed by atoms with Crippen molar-refractivity contribution in [2.75, 3.05) is 6.54 Å². The van der Waals surface area contributed by atoms with Crippen molar-refractivity contribution in [1.82, 2.24) is 19.7 Å². The number of amides is 1. The van der Waals surface area contributed by atoms with Gasteiger partial charge in [-0.15, -0.1) is 0 Å². The highest BCUT2D eigenvalue weighted by Gasteiger charge is 2.33. The molecule has 0 saturated carbocycles. The molecule has 2 aromatic heterocycles. The van der Waals surface area contributed by atoms with E-state index in [0.717, 1.165) is 42.9 Å². The van der Waals surface area contributed by atoms with Crippen molar-refractivity contribution in [3.05, 3.63) is 81.9 Å². The molecule has 29 heavy (non-hydrogen) atoms. The third kappa shape index (κ3) is 3.95. The molecule has 1 aliphatic heterocycles. The van der Waals surface area contributed by atoms with Crippen molar-refractivity contribution in [3.8, 4) is 0 Å². The lowest BCUT2D eigenvalue weighted by Gasteiger charge is -2.25. The summed E-state index contributed by atoms with van der Waals surface area (Å²) in [5.74, 6) is 0.0573. The Bertz CT molecular complexity index is 1050. The Hall–Kier alpha value is -2.95. The lowest BCUT2D eigenvalue weighted by molar-refractivity contribution is 0.0732. The van der Waals surface area contributed by atoms with Crippen LogP contribution >= 0.6 is 0 Å². The van der Waals surface area contributed by atoms with E-state index in [4.69, 9.17) is 4.98 Å². The Morgan fingerprint density at radius 2 is 1.97 bits per heavy atom. The number of hydrogen-bond acceptors (Lipinski definition) is 3. The van der Waals surface area contributed by atoms with Gasteiger partial charge in [-0.3, -0.25) is 14.5 Å². The van der Waals surface area contributed by atoms with Crippen molar-refractivity contribution >= 4 is 5.91 Å². The summed E-state index contributed by atoms with van der Waals surface area (Å²) in [6, 6.07) is 12.9. The van der Waals surface area contributed by atoms with Crippen molar-refractivity contribution in [2.45, 2.75) is 46.1 Å². The normalized spacial score (nSPS) is 16.4. The van der Waals surface area contributed by atoms with Crippen molar-refractivity contribution in [1.29, 1.82) is 0 Å². The Morgan fingerprint density at radius 1 is 1.17 bits per heavy atom. The monoisotopic (exact) mass is 388 g/mol. The van der Waals surface area contributed by atoms with Crippen LogP contribution < -0.4 is 0 Å². The van der Waals surface area contributed by atoms with E-state index >= 15 is 0 Å². The lowest BCUT2D eigenvalue weighted by atomic mass is 9.98. The van der Waals surface area contributed by atoms with Gasteiger partial charge in [-0.05, 0) is 68.9 Å². The molecule has 3 heterocycles. The number of hydrogen-bond donors (Lipinski definition) is 0. The molecule has 0 N–H and O–H groups in total. The van der Waals surface area contributed by atoms with Gasteiger partial charge in [-0.2, -0.15) is 5.10 Å². The molecule has 150 valence electrons. The van der Waals surface area contributed by atoms with E-state index in [1.807, 2.05) is 32.0 Å². The van der Waals surface area contributed by atoms with Crippen LogP contribution in [0.25, 0.3) is 0 Å². The standard InChI is InChI=1S/C24H28N4O/c1-16-8-5-6-9-20(16)13-19-12-17(2)25-22(14-19)23-10-7-11-28(23)24(29)21-15-27(4)26-18(21)3/h5-6,8-9,12,14-15,23H,7,10-11,13H2,1-4H3/t23-/m1/s1. The number of aromatic nitrogens is 3. The van der Waals surface area contributed by atoms with Crippen LogP contribution in [-0.2, 0) is 13.5 Å². The smallest absolute Gasteiger partial charge is 0.257 e. The first-order chi connectivity index (χ1) is 13.9. The second-order valence-corrected chi connectivity index (χ2v) is 8.10. The first-order valence-corrected chi connectivity index (χ1v) is 10.3. The number of benzene rings is 1. The van der Waals surface area contributed by atoms with E-state index in [1.165, 1.54) is 16.7 Å². The number of carbonyl (C=O) groups excluding carboxylic acids is 1. The molecule has 1 aromatic carbocycles. The average Bonchev–Trinajstić information content (AvgIpc) is 3.29. The zero-order valence-electron chi connectivity index (χ0n) is 17.6. The molecule has 0 bridgehead atoms. The molecule has 5 heteroatoms. The average molecular weight is 389 g/mol. The number of pyridine rings is 1. The largest absolute Gasteiger partial charge is 0.330 e. The van der Waals surface area contributed by atoms with E-state index in [9.17, 15) is 4.79 Å². The zero-order valence-corrected chi connectivity index (χ0v) is 17.6. The fourth-order valence-electron chi connectivity index (χ4n) is 4.35. The maximum atomic E-state index is 13.2. The second kappa shape index (κ2) is 7.82. The molecule has 1 atom stereocenters. The summed E-state index contributed by atoms with van der Waals surface area (Å²) in [5.41, 5.74) is 7.35. The summed E-state index contributed by atoms with van der Waals surface area (Å²) in [6.45, 7) is 6.85. The lowest BCUT2D eigenvalue weighted by Crippen LogP contribution is -2.31. The van der Waals surface area contributed by atoms with Crippen molar-refractivity contribution < 1.29 is 4.79 Å². The Labute approximate surface area is 172 Å². The molecule has 0 spiro atoms. The van der Waals surface area contributed by atoms with Crippen molar-refractivity contribution in [2.24, 2.45) is 7.05 Å². The fourth-order valence-corrected chi connectivity index (χ4v) is 4.35. The van der Waals surface area contributed by atoms with E-state index in [2.05, 4.69) is 48.4 Å². The van der Waals surface area contributed by atoms with Gasteiger partial charge in [0, 0.05) is 25.5 Å². The highest BCUT2D eigenvalue weighted by Crippen LogP contribution is 2.33. The summed E-state index contributed by atoms with van der Waals surface area (Å²) < 4.78 is 1.71. The third-order valence-electron chi connectivity index (χ3n) is 5.79. The van der Waals surface area contributed by atoms with E-state index < -0.39 is 0 Å². The molecular weight excluding hydrogens is 360 g/mol. The number of likely N-dealkylation sites (tertiary alicyclic amines) is 1. The summed E-state index contributed by atoms with van der Waals surface area (Å²) >= 11 is 0. The quantitative estimate of drug-likeness (QED) is 0.669. The van der Waals surface area contributed by atoms with Gasteiger partial charge in [0.05, 0.1) is 23.0 Å². The zero-order chi connectivity index (χ0) is 20.5. The molecule has 0 aliphatic carbocycles. The summed E-state index contributed by atoms with van der Waals surface area (Å²) in [7, 11) is 1.85. The molecule has 0 radical (unpaired) electrons. The maximum absolute atomic E-state index is 13.2. The Balaban J connectivity index is 1.63. The van der Waals surface area contributed by atoms with Crippen molar-refractivity contribution in [3.63, 3.8) is 0 Å². The molecule has 1 aliphatic rings. The SMILES string of the molecule is Cc1cc(Cc2ccccc2C)cc([C@H]2CCCN2C(=O)c2cn(C)nc2C)n1. The van der Waals surface area contributed by atoms with Gasteiger partial charge in [0.1, 0.15) is 0 Å². The summed E-state index contributed by atoms with van der Waals surface area (Å²) in [6.07, 6.45) is 4.65. The van der Waals surface area contributed by atoms with Crippen LogP contribution in [0.3, 0.4) is 0 Å². The van der Waals surface area contributed by atoms with Crippen LogP contribution in [0.2, 0.25) is 0 Å². The molecular formula is C24H28N4O. The molecule has 0 unspecified atom stereocenters. The minimum Gasteiger partial charge on any atom is -0.330 e. The van der Waals surface area contributed by atoms with Gasteiger partial charge in [-0.1, -0.05) is 24.3 Å². The first kappa shape index (κ1) is 19.4. The topological polar surface area (TPSA) is 51.0 Å². The van der Waals surface area contributed by atoms with E-state index in [0.29, 0.717) is 5.56 Å².